The number of amides is 1. The molecular weight excluding hydrogens is 570 g/mol. The van der Waals surface area contributed by atoms with Crippen molar-refractivity contribution >= 4 is 41.8 Å². The van der Waals surface area contributed by atoms with Crippen molar-refractivity contribution in [1.29, 1.82) is 0 Å². The Kier molecular flexibility index (Phi) is 13.3. The molecule has 0 saturated heterocycles. The van der Waals surface area contributed by atoms with Gasteiger partial charge in [0.2, 0.25) is 5.75 Å². The lowest BCUT2D eigenvalue weighted by atomic mass is 10.1. The second-order valence-corrected chi connectivity index (χ2v) is 8.46. The summed E-state index contributed by atoms with van der Waals surface area (Å²) >= 11 is 0. The summed E-state index contributed by atoms with van der Waals surface area (Å²) in [5.41, 5.74) is 0.556. The van der Waals surface area contributed by atoms with Crippen LogP contribution < -0.4 is 29.0 Å². The molecule has 230 valence electrons. The number of benzene rings is 2. The van der Waals surface area contributed by atoms with Gasteiger partial charge in [-0.05, 0) is 35.9 Å². The maximum atomic E-state index is 12.7. The molecule has 0 aliphatic heterocycles. The van der Waals surface area contributed by atoms with Crippen LogP contribution in [0.5, 0.6) is 28.7 Å². The van der Waals surface area contributed by atoms with Crippen molar-refractivity contribution in [1.82, 2.24) is 5.32 Å². The van der Waals surface area contributed by atoms with Gasteiger partial charge in [-0.15, -0.1) is 0 Å². The first-order chi connectivity index (χ1) is 20.4. The van der Waals surface area contributed by atoms with E-state index in [1.807, 2.05) is 0 Å². The summed E-state index contributed by atoms with van der Waals surface area (Å²) < 4.78 is 35.7. The summed E-state index contributed by atoms with van der Waals surface area (Å²) in [6.07, 6.45) is 2.71. The molecule has 1 N–H and O–H groups in total. The van der Waals surface area contributed by atoms with Gasteiger partial charge in [-0.3, -0.25) is 24.0 Å². The largest absolute Gasteiger partial charge is 0.493 e. The van der Waals surface area contributed by atoms with Gasteiger partial charge in [-0.2, -0.15) is 0 Å². The van der Waals surface area contributed by atoms with Crippen molar-refractivity contribution < 1.29 is 61.9 Å². The molecule has 0 unspecified atom stereocenters. The van der Waals surface area contributed by atoms with Crippen molar-refractivity contribution in [3.63, 3.8) is 0 Å². The number of methoxy groups -OCH3 is 1. The average Bonchev–Trinajstić information content (AvgIpc) is 2.92. The molecule has 43 heavy (non-hydrogen) atoms. The van der Waals surface area contributed by atoms with Crippen molar-refractivity contribution in [2.24, 2.45) is 0 Å². The Morgan fingerprint density at radius 1 is 0.698 bits per heavy atom. The molecule has 0 heterocycles. The zero-order valence-corrected chi connectivity index (χ0v) is 24.2. The number of nitrogens with one attached hydrogen (secondary N) is 1. The van der Waals surface area contributed by atoms with Crippen molar-refractivity contribution in [3.8, 4) is 28.7 Å². The number of carbonyl (C=O) groups is 6. The fourth-order valence-electron chi connectivity index (χ4n) is 3.29. The quantitative estimate of drug-likeness (QED) is 0.145. The number of carbonyl (C=O) groups excluding carboxylic acids is 6. The third-order valence-electron chi connectivity index (χ3n) is 4.89. The van der Waals surface area contributed by atoms with E-state index in [0.29, 0.717) is 11.3 Å². The first-order valence-corrected chi connectivity index (χ1v) is 12.7. The first-order valence-electron chi connectivity index (χ1n) is 12.7. The predicted molar refractivity (Wildman–Crippen MR) is 148 cm³/mol. The minimum absolute atomic E-state index is 0.0463. The zero-order chi connectivity index (χ0) is 31.9. The van der Waals surface area contributed by atoms with Gasteiger partial charge in [-0.25, -0.2) is 4.79 Å². The lowest BCUT2D eigenvalue weighted by Crippen LogP contribution is -2.28. The van der Waals surface area contributed by atoms with Gasteiger partial charge in [0.1, 0.15) is 6.61 Å². The molecule has 2 rings (SSSR count). The lowest BCUT2D eigenvalue weighted by molar-refractivity contribution is -0.139. The lowest BCUT2D eigenvalue weighted by Gasteiger charge is -2.15. The van der Waals surface area contributed by atoms with Gasteiger partial charge in [-0.1, -0.05) is 6.07 Å². The molecule has 0 spiro atoms. The van der Waals surface area contributed by atoms with Crippen molar-refractivity contribution in [2.45, 2.75) is 27.7 Å². The Labute approximate surface area is 246 Å². The highest BCUT2D eigenvalue weighted by Gasteiger charge is 2.22. The van der Waals surface area contributed by atoms with E-state index in [-0.39, 0.29) is 54.9 Å². The van der Waals surface area contributed by atoms with Crippen LogP contribution in [0.1, 0.15) is 43.6 Å². The molecule has 1 amide bonds. The molecule has 0 atom stereocenters. The smallest absolute Gasteiger partial charge is 0.330 e. The molecule has 0 radical (unpaired) electrons. The Morgan fingerprint density at radius 2 is 1.28 bits per heavy atom. The number of rotatable bonds is 14. The molecule has 0 aliphatic carbocycles. The van der Waals surface area contributed by atoms with E-state index in [9.17, 15) is 28.8 Å². The molecule has 2 aromatic rings. The fourth-order valence-corrected chi connectivity index (χ4v) is 3.29. The van der Waals surface area contributed by atoms with Crippen LogP contribution in [0, 0.1) is 0 Å². The Morgan fingerprint density at radius 3 is 1.84 bits per heavy atom. The summed E-state index contributed by atoms with van der Waals surface area (Å²) in [5.74, 6) is -4.40. The van der Waals surface area contributed by atoms with Crippen LogP contribution in [-0.4, -0.2) is 69.2 Å². The summed E-state index contributed by atoms with van der Waals surface area (Å²) in [7, 11) is 1.42. The van der Waals surface area contributed by atoms with Crippen LogP contribution in [0.15, 0.2) is 36.4 Å². The van der Waals surface area contributed by atoms with E-state index in [0.717, 1.165) is 32.9 Å². The maximum absolute atomic E-state index is 12.7. The molecule has 0 saturated carbocycles. The maximum Gasteiger partial charge on any atom is 0.330 e. The molecule has 0 aromatic heterocycles. The highest BCUT2D eigenvalue weighted by Crippen LogP contribution is 2.39. The Hall–Kier alpha value is -5.24. The SMILES string of the molecule is COc1cc(/C=C/C(=O)OCCOCCNC(=O)c2cc(OC(C)=O)c(OC(C)=O)c(OC(C)=O)c2)ccc1OC(C)=O. The topological polar surface area (TPSA) is 179 Å². The second kappa shape index (κ2) is 16.9. The second-order valence-electron chi connectivity index (χ2n) is 8.46. The van der Waals surface area contributed by atoms with Gasteiger partial charge in [0.25, 0.3) is 5.91 Å². The number of ether oxygens (including phenoxy) is 7. The normalized spacial score (nSPS) is 10.4. The van der Waals surface area contributed by atoms with Crippen LogP contribution in [0.2, 0.25) is 0 Å². The molecule has 0 fully saturated rings. The van der Waals surface area contributed by atoms with Gasteiger partial charge >= 0.3 is 29.8 Å². The van der Waals surface area contributed by atoms with E-state index in [2.05, 4.69) is 5.32 Å². The molecule has 14 heteroatoms. The standard InChI is InChI=1S/C29H31NO13/c1-17(31)40-23-8-6-21(14-24(23)37-5)7-9-27(35)39-13-12-38-11-10-30-29(36)22-15-25(41-18(2)32)28(43-20(4)34)26(16-22)42-19(3)33/h6-9,14-16H,10-13H2,1-5H3,(H,30,36)/b9-7+. The van der Waals surface area contributed by atoms with Crippen LogP contribution >= 0.6 is 0 Å². The molecule has 0 aliphatic rings. The number of hydrogen-bond donors (Lipinski definition) is 1. The van der Waals surface area contributed by atoms with Crippen molar-refractivity contribution in [2.75, 3.05) is 33.5 Å². The average molecular weight is 602 g/mol. The van der Waals surface area contributed by atoms with Gasteiger partial charge in [0, 0.05) is 45.9 Å². The zero-order valence-electron chi connectivity index (χ0n) is 24.2. The van der Waals surface area contributed by atoms with E-state index < -0.39 is 35.8 Å². The van der Waals surface area contributed by atoms with Gasteiger partial charge < -0.3 is 38.5 Å². The third-order valence-corrected chi connectivity index (χ3v) is 4.89. The molecule has 2 aromatic carbocycles. The summed E-state index contributed by atoms with van der Waals surface area (Å²) in [5, 5.41) is 2.57. The minimum atomic E-state index is -0.772. The van der Waals surface area contributed by atoms with E-state index in [1.54, 1.807) is 12.1 Å². The van der Waals surface area contributed by atoms with Crippen LogP contribution in [0.25, 0.3) is 6.08 Å². The first kappa shape index (κ1) is 34.0. The molecule has 14 nitrogen and oxygen atoms in total. The highest BCUT2D eigenvalue weighted by atomic mass is 16.6. The molecular formula is C29H31NO13. The van der Waals surface area contributed by atoms with Crippen LogP contribution in [-0.2, 0) is 33.4 Å². The Bertz CT molecular complexity index is 1360. The number of hydrogen-bond acceptors (Lipinski definition) is 13. The van der Waals surface area contributed by atoms with Crippen molar-refractivity contribution in [3.05, 3.63) is 47.5 Å². The monoisotopic (exact) mass is 601 g/mol. The van der Waals surface area contributed by atoms with Crippen LogP contribution in [0.3, 0.4) is 0 Å². The highest BCUT2D eigenvalue weighted by molar-refractivity contribution is 5.96. The molecule has 0 bridgehead atoms. The van der Waals surface area contributed by atoms with E-state index >= 15 is 0 Å². The van der Waals surface area contributed by atoms with E-state index in [4.69, 9.17) is 33.2 Å². The van der Waals surface area contributed by atoms with Crippen LogP contribution in [0.4, 0.5) is 0 Å². The fraction of sp³-hybridized carbons (Fsp3) is 0.310. The summed E-state index contributed by atoms with van der Waals surface area (Å²) in [6.45, 7) is 4.68. The number of esters is 5. The summed E-state index contributed by atoms with van der Waals surface area (Å²) in [6, 6.07) is 7.06. The van der Waals surface area contributed by atoms with E-state index in [1.165, 1.54) is 32.3 Å². The minimum Gasteiger partial charge on any atom is -0.493 e. The Balaban J connectivity index is 1.85. The van der Waals surface area contributed by atoms with Gasteiger partial charge in [0.05, 0.1) is 20.3 Å². The summed E-state index contributed by atoms with van der Waals surface area (Å²) in [4.78, 5) is 70.4. The predicted octanol–water partition coefficient (Wildman–Crippen LogP) is 2.40. The van der Waals surface area contributed by atoms with Gasteiger partial charge in [0.15, 0.2) is 23.0 Å². The third kappa shape index (κ3) is 12.0.